The lowest BCUT2D eigenvalue weighted by atomic mass is 10.1. The number of hydrogen-bond acceptors (Lipinski definition) is 15. The molecule has 15 nitrogen and oxygen atoms in total. The fourth-order valence-electron chi connectivity index (χ4n) is 10.3. The van der Waals surface area contributed by atoms with Crippen LogP contribution in [0.3, 0.4) is 0 Å². The van der Waals surface area contributed by atoms with E-state index in [4.69, 9.17) is 117 Å². The summed E-state index contributed by atoms with van der Waals surface area (Å²) < 4.78 is 71.3. The molecule has 114 heavy (non-hydrogen) atoms. The Bertz CT molecular complexity index is 4530. The van der Waals surface area contributed by atoms with Crippen LogP contribution in [0.25, 0.3) is 0 Å². The van der Waals surface area contributed by atoms with Crippen molar-refractivity contribution in [2.45, 2.75) is 169 Å². The van der Waals surface area contributed by atoms with Gasteiger partial charge in [-0.3, -0.25) is 24.0 Å². The summed E-state index contributed by atoms with van der Waals surface area (Å²) in [4.78, 5) is 57.6. The van der Waals surface area contributed by atoms with E-state index in [-0.39, 0.29) is 68.0 Å². The second-order valence-electron chi connectivity index (χ2n) is 25.9. The van der Waals surface area contributed by atoms with Gasteiger partial charge in [0.2, 0.25) is 0 Å². The van der Waals surface area contributed by atoms with E-state index in [9.17, 15) is 28.4 Å². The zero-order valence-electron chi connectivity index (χ0n) is 66.1. The van der Waals surface area contributed by atoms with Crippen LogP contribution in [0.4, 0.5) is 4.39 Å². The molecule has 0 N–H and O–H groups in total. The number of ether oxygens (including phenoxy) is 10. The number of halogens is 9. The van der Waals surface area contributed by atoms with Crippen LogP contribution in [-0.2, 0) is 57.0 Å². The standard InChI is InChI=1S/2C18H18BrClO3.C18H18Cl2O3.C18H18ClFO3.C18H19ClO3/c1-4-18(21)23-16-7-5-6-14(19)13(16)10-22-17-9-15(20)11(2)8-12(17)3;1-4-18(21)23-16-7-5-6-11(2)13(16)10-22-17-9-15(20)12(3)8-14(17)19;1-4-18(21)23-16-7-5-6-14(19)13(16)10-22-17-9-15(20)11(2)8-12(17)3;1-4-18(21)23-16-7-5-6-15(20)13(16)10-22-17-9-14(19)11(2)8-12(17)3;1-4-18(20)22-16-8-6-5-7-14(16)11-21-17-10-15(19)12(2)9-13(17)3/h4*5-9H,4,10H2,1-3H3;5-10H,4,11H2,1-3H3. The summed E-state index contributed by atoms with van der Waals surface area (Å²) in [5.74, 6) is 3.46. The highest BCUT2D eigenvalue weighted by Crippen LogP contribution is 2.38. The van der Waals surface area contributed by atoms with Crippen LogP contribution in [0.15, 0.2) is 167 Å². The number of carbonyl (C=O) groups excluding carboxylic acids is 5. The first-order chi connectivity index (χ1) is 54.2. The van der Waals surface area contributed by atoms with Gasteiger partial charge in [-0.25, -0.2) is 4.39 Å². The molecule has 10 aromatic carbocycles. The van der Waals surface area contributed by atoms with Crippen LogP contribution in [0, 0.1) is 75.1 Å². The molecule has 0 saturated heterocycles. The fraction of sp³-hybridized carbons (Fsp3) is 0.278. The van der Waals surface area contributed by atoms with E-state index in [1.54, 1.807) is 101 Å². The Morgan fingerprint density at radius 1 is 0.272 bits per heavy atom. The Hall–Kier alpha value is -8.82. The highest BCUT2D eigenvalue weighted by Gasteiger charge is 2.20. The molecular formula is C90H91Br2Cl6FO15. The van der Waals surface area contributed by atoms with Crippen molar-refractivity contribution in [3.8, 4) is 57.5 Å². The van der Waals surface area contributed by atoms with E-state index in [2.05, 4.69) is 31.9 Å². The third kappa shape index (κ3) is 28.9. The molecule has 0 atom stereocenters. The zero-order valence-corrected chi connectivity index (χ0v) is 73.8. The van der Waals surface area contributed by atoms with E-state index >= 15 is 0 Å². The van der Waals surface area contributed by atoms with Crippen molar-refractivity contribution in [3.63, 3.8) is 0 Å². The third-order valence-electron chi connectivity index (χ3n) is 17.0. The van der Waals surface area contributed by atoms with E-state index in [0.29, 0.717) is 114 Å². The smallest absolute Gasteiger partial charge is 0.310 e. The maximum absolute atomic E-state index is 14.1. The molecular weight excluding hydrogens is 1710 g/mol. The molecule has 0 saturated carbocycles. The maximum atomic E-state index is 14.1. The van der Waals surface area contributed by atoms with Gasteiger partial charge in [0, 0.05) is 84.4 Å². The number of hydrogen-bond donors (Lipinski definition) is 0. The minimum atomic E-state index is -0.484. The van der Waals surface area contributed by atoms with Crippen molar-refractivity contribution < 1.29 is 75.7 Å². The molecule has 604 valence electrons. The number of carbonyl (C=O) groups is 5. The molecule has 0 amide bonds. The van der Waals surface area contributed by atoms with Crippen LogP contribution >= 0.6 is 101 Å². The van der Waals surface area contributed by atoms with Gasteiger partial charge in [-0.1, -0.05) is 193 Å². The van der Waals surface area contributed by atoms with Crippen molar-refractivity contribution >= 4 is 131 Å². The van der Waals surface area contributed by atoms with Crippen molar-refractivity contribution in [2.24, 2.45) is 0 Å². The largest absolute Gasteiger partial charge is 0.488 e. The lowest BCUT2D eigenvalue weighted by Gasteiger charge is -2.15. The Morgan fingerprint density at radius 3 is 1.00 bits per heavy atom. The molecule has 0 aromatic heterocycles. The first kappa shape index (κ1) is 94.0. The SMILES string of the molecule is CCC(=O)Oc1cccc(Br)c1COc1cc(Cl)c(C)cc1C.CCC(=O)Oc1cccc(C)c1COc1cc(Cl)c(C)cc1Br.CCC(=O)Oc1cccc(Cl)c1COc1cc(Cl)c(C)cc1C.CCC(=O)Oc1cccc(F)c1COc1cc(Cl)c(C)cc1C.CCC(=O)Oc1ccccc1COc1cc(Cl)c(C)cc1C. The van der Waals surface area contributed by atoms with Crippen molar-refractivity contribution in [1.82, 2.24) is 0 Å². The van der Waals surface area contributed by atoms with Crippen molar-refractivity contribution in [1.29, 1.82) is 0 Å². The first-order valence-corrected chi connectivity index (χ1v) is 40.2. The highest BCUT2D eigenvalue weighted by atomic mass is 79.9. The van der Waals surface area contributed by atoms with Crippen LogP contribution < -0.4 is 47.4 Å². The minimum absolute atomic E-state index is 0.0563. The fourth-order valence-corrected chi connectivity index (χ4v) is 12.3. The van der Waals surface area contributed by atoms with Crippen molar-refractivity contribution in [3.05, 3.63) is 286 Å². The van der Waals surface area contributed by atoms with E-state index in [1.165, 1.54) is 12.1 Å². The van der Waals surface area contributed by atoms with E-state index < -0.39 is 11.8 Å². The van der Waals surface area contributed by atoms with E-state index in [0.717, 1.165) is 87.0 Å². The first-order valence-electron chi connectivity index (χ1n) is 36.4. The third-order valence-corrected chi connectivity index (χ3v) is 20.8. The molecule has 0 bridgehead atoms. The Balaban J connectivity index is 0.000000222. The molecule has 0 aliphatic rings. The van der Waals surface area contributed by atoms with Gasteiger partial charge in [0.25, 0.3) is 0 Å². The summed E-state index contributed by atoms with van der Waals surface area (Å²) in [7, 11) is 0. The summed E-state index contributed by atoms with van der Waals surface area (Å²) in [6.07, 6.45) is 1.48. The van der Waals surface area contributed by atoms with Crippen LogP contribution in [0.2, 0.25) is 30.1 Å². The number of esters is 5. The molecule has 0 heterocycles. The molecule has 0 aliphatic carbocycles. The zero-order chi connectivity index (χ0) is 84.0. The predicted molar refractivity (Wildman–Crippen MR) is 458 cm³/mol. The van der Waals surface area contributed by atoms with Gasteiger partial charge in [-0.15, -0.1) is 0 Å². The van der Waals surface area contributed by atoms with E-state index in [1.807, 2.05) is 148 Å². The number of aryl methyl sites for hydroxylation is 10. The Morgan fingerprint density at radius 2 is 0.570 bits per heavy atom. The molecule has 0 unspecified atom stereocenters. The number of rotatable bonds is 25. The second kappa shape index (κ2) is 46.7. The number of benzene rings is 10. The minimum Gasteiger partial charge on any atom is -0.488 e. The van der Waals surface area contributed by atoms with Gasteiger partial charge in [-0.05, 0) is 220 Å². The van der Waals surface area contributed by atoms with Gasteiger partial charge >= 0.3 is 29.8 Å². The Labute approximate surface area is 714 Å². The van der Waals surface area contributed by atoms with Crippen molar-refractivity contribution in [2.75, 3.05) is 0 Å². The molecule has 0 aliphatic heterocycles. The molecule has 0 radical (unpaired) electrons. The lowest BCUT2D eigenvalue weighted by Crippen LogP contribution is -2.10. The highest BCUT2D eigenvalue weighted by molar-refractivity contribution is 9.10. The summed E-state index contributed by atoms with van der Waals surface area (Å²) >= 11 is 43.9. The topological polar surface area (TPSA) is 178 Å². The lowest BCUT2D eigenvalue weighted by molar-refractivity contribution is -0.135. The van der Waals surface area contributed by atoms with Crippen LogP contribution in [-0.4, -0.2) is 29.8 Å². The Kier molecular flexibility index (Phi) is 38.5. The summed E-state index contributed by atoms with van der Waals surface area (Å²) in [6.45, 7) is 29.1. The average Bonchev–Trinajstić information content (AvgIpc) is 0.839. The van der Waals surface area contributed by atoms with Gasteiger partial charge < -0.3 is 47.4 Å². The maximum Gasteiger partial charge on any atom is 0.310 e. The average molecular weight is 1800 g/mol. The number of para-hydroxylation sites is 1. The molecule has 0 spiro atoms. The normalized spacial score (nSPS) is 10.5. The second-order valence-corrected chi connectivity index (χ2v) is 30.0. The predicted octanol–water partition coefficient (Wildman–Crippen LogP) is 26.6. The van der Waals surface area contributed by atoms with Crippen LogP contribution in [0.5, 0.6) is 57.5 Å². The summed E-state index contributed by atoms with van der Waals surface area (Å²) in [5.41, 5.74) is 13.1. The molecule has 0 fully saturated rings. The molecule has 10 rings (SSSR count). The van der Waals surface area contributed by atoms with Gasteiger partial charge in [-0.2, -0.15) is 0 Å². The summed E-state index contributed by atoms with van der Waals surface area (Å²) in [5, 5.41) is 3.69. The van der Waals surface area contributed by atoms with Gasteiger partial charge in [0.05, 0.1) is 20.6 Å². The molecule has 24 heteroatoms. The quantitative estimate of drug-likeness (QED) is 0.0390. The monoisotopic (exact) mass is 1800 g/mol. The van der Waals surface area contributed by atoms with Crippen LogP contribution in [0.1, 0.15) is 150 Å². The molecule has 10 aromatic rings. The summed E-state index contributed by atoms with van der Waals surface area (Å²) in [6, 6.07) is 46.5. The van der Waals surface area contributed by atoms with Gasteiger partial charge in [0.15, 0.2) is 0 Å². The van der Waals surface area contributed by atoms with Gasteiger partial charge in [0.1, 0.15) is 96.3 Å².